The molecule has 3 heterocycles. The number of ether oxygens (including phenoxy) is 1. The lowest BCUT2D eigenvalue weighted by Crippen LogP contribution is -2.51. The normalized spacial score (nSPS) is 32.1. The summed E-state index contributed by atoms with van der Waals surface area (Å²) in [6.45, 7) is 10.5. The van der Waals surface area contributed by atoms with E-state index in [1.807, 2.05) is 0 Å². The molecule has 3 aliphatic heterocycles. The lowest BCUT2D eigenvalue weighted by atomic mass is 9.97. The monoisotopic (exact) mass is 295 g/mol. The molecule has 3 rings (SSSR count). The summed E-state index contributed by atoms with van der Waals surface area (Å²) in [5, 5.41) is 3.59. The first-order valence-electron chi connectivity index (χ1n) is 9.12. The molecule has 4 nitrogen and oxygen atoms in total. The first-order chi connectivity index (χ1) is 10.3. The van der Waals surface area contributed by atoms with Gasteiger partial charge in [0.25, 0.3) is 0 Å². The number of nitrogens with zero attached hydrogens (tertiary/aromatic N) is 2. The van der Waals surface area contributed by atoms with Crippen LogP contribution in [0.1, 0.15) is 45.4 Å². The van der Waals surface area contributed by atoms with Gasteiger partial charge in [-0.1, -0.05) is 6.42 Å². The lowest BCUT2D eigenvalue weighted by molar-refractivity contribution is 0.0462. The van der Waals surface area contributed by atoms with Gasteiger partial charge in [0.1, 0.15) is 0 Å². The Morgan fingerprint density at radius 2 is 1.86 bits per heavy atom. The summed E-state index contributed by atoms with van der Waals surface area (Å²) in [7, 11) is 0. The molecule has 0 saturated carbocycles. The SMILES string of the molecule is CC(CC1COCCN1)N1CCC(N2CCCCC2)CC1. The molecule has 0 spiro atoms. The van der Waals surface area contributed by atoms with Gasteiger partial charge in [-0.15, -0.1) is 0 Å². The number of nitrogens with one attached hydrogen (secondary N) is 1. The minimum atomic E-state index is 0.563. The van der Waals surface area contributed by atoms with E-state index >= 15 is 0 Å². The van der Waals surface area contributed by atoms with Gasteiger partial charge in [0.15, 0.2) is 0 Å². The molecule has 0 aromatic carbocycles. The second-order valence-electron chi connectivity index (χ2n) is 7.17. The largest absolute Gasteiger partial charge is 0.379 e. The molecule has 21 heavy (non-hydrogen) atoms. The maximum atomic E-state index is 5.58. The van der Waals surface area contributed by atoms with Crippen LogP contribution in [0.4, 0.5) is 0 Å². The Bertz CT molecular complexity index is 292. The fourth-order valence-corrected chi connectivity index (χ4v) is 4.31. The Kier molecular flexibility index (Phi) is 5.92. The van der Waals surface area contributed by atoms with Gasteiger partial charge in [-0.05, 0) is 65.2 Å². The third-order valence-corrected chi connectivity index (χ3v) is 5.65. The van der Waals surface area contributed by atoms with Crippen molar-refractivity contribution in [2.45, 2.75) is 63.6 Å². The third kappa shape index (κ3) is 4.41. The summed E-state index contributed by atoms with van der Waals surface area (Å²) in [4.78, 5) is 5.47. The van der Waals surface area contributed by atoms with Crippen molar-refractivity contribution in [1.29, 1.82) is 0 Å². The van der Waals surface area contributed by atoms with Gasteiger partial charge in [0, 0.05) is 24.7 Å². The van der Waals surface area contributed by atoms with Gasteiger partial charge in [0.2, 0.25) is 0 Å². The lowest BCUT2D eigenvalue weighted by Gasteiger charge is -2.42. The first kappa shape index (κ1) is 15.7. The van der Waals surface area contributed by atoms with Crippen molar-refractivity contribution < 1.29 is 4.74 Å². The van der Waals surface area contributed by atoms with Crippen LogP contribution in [0.15, 0.2) is 0 Å². The van der Waals surface area contributed by atoms with Crippen LogP contribution in [0, 0.1) is 0 Å². The van der Waals surface area contributed by atoms with Crippen molar-refractivity contribution in [3.63, 3.8) is 0 Å². The second-order valence-corrected chi connectivity index (χ2v) is 7.17. The molecule has 0 radical (unpaired) electrons. The smallest absolute Gasteiger partial charge is 0.0620 e. The second kappa shape index (κ2) is 7.91. The molecular weight excluding hydrogens is 262 g/mol. The summed E-state index contributed by atoms with van der Waals surface area (Å²) < 4.78 is 5.58. The predicted molar refractivity (Wildman–Crippen MR) is 86.7 cm³/mol. The Morgan fingerprint density at radius 3 is 2.52 bits per heavy atom. The van der Waals surface area contributed by atoms with Gasteiger partial charge in [-0.3, -0.25) is 0 Å². The zero-order valence-electron chi connectivity index (χ0n) is 13.7. The van der Waals surface area contributed by atoms with E-state index < -0.39 is 0 Å². The van der Waals surface area contributed by atoms with Crippen molar-refractivity contribution in [2.75, 3.05) is 45.9 Å². The zero-order valence-corrected chi connectivity index (χ0v) is 13.7. The maximum absolute atomic E-state index is 5.58. The molecule has 0 bridgehead atoms. The van der Waals surface area contributed by atoms with Crippen LogP contribution in [-0.4, -0.2) is 73.9 Å². The molecular formula is C17H33N3O. The average Bonchev–Trinajstić information content (AvgIpc) is 2.57. The minimum absolute atomic E-state index is 0.563. The molecule has 0 aromatic heterocycles. The molecule has 2 unspecified atom stereocenters. The summed E-state index contributed by atoms with van der Waals surface area (Å²) in [6.07, 6.45) is 8.27. The quantitative estimate of drug-likeness (QED) is 0.854. The van der Waals surface area contributed by atoms with Gasteiger partial charge in [0.05, 0.1) is 13.2 Å². The highest BCUT2D eigenvalue weighted by Gasteiger charge is 2.28. The molecule has 0 amide bonds. The molecule has 2 atom stereocenters. The summed E-state index contributed by atoms with van der Waals surface area (Å²) >= 11 is 0. The number of likely N-dealkylation sites (tertiary alicyclic amines) is 2. The van der Waals surface area contributed by atoms with Crippen LogP contribution >= 0.6 is 0 Å². The van der Waals surface area contributed by atoms with E-state index in [2.05, 4.69) is 22.0 Å². The number of rotatable bonds is 4. The Labute approximate surface area is 130 Å². The van der Waals surface area contributed by atoms with Crippen molar-refractivity contribution >= 4 is 0 Å². The number of hydrogen-bond acceptors (Lipinski definition) is 4. The summed E-state index contributed by atoms with van der Waals surface area (Å²) in [5.41, 5.74) is 0. The highest BCUT2D eigenvalue weighted by atomic mass is 16.5. The van der Waals surface area contributed by atoms with Crippen LogP contribution < -0.4 is 5.32 Å². The number of hydrogen-bond donors (Lipinski definition) is 1. The van der Waals surface area contributed by atoms with Gasteiger partial charge < -0.3 is 19.9 Å². The Morgan fingerprint density at radius 1 is 1.10 bits per heavy atom. The van der Waals surface area contributed by atoms with Crippen molar-refractivity contribution in [3.05, 3.63) is 0 Å². The Hall–Kier alpha value is -0.160. The topological polar surface area (TPSA) is 27.7 Å². The molecule has 4 heteroatoms. The van der Waals surface area contributed by atoms with Crippen LogP contribution in [0.5, 0.6) is 0 Å². The van der Waals surface area contributed by atoms with Crippen LogP contribution in [-0.2, 0) is 4.74 Å². The molecule has 3 fully saturated rings. The Balaban J connectivity index is 1.39. The van der Waals surface area contributed by atoms with Crippen LogP contribution in [0.3, 0.4) is 0 Å². The van der Waals surface area contributed by atoms with E-state index in [4.69, 9.17) is 4.74 Å². The molecule has 0 aliphatic carbocycles. The fourth-order valence-electron chi connectivity index (χ4n) is 4.31. The van der Waals surface area contributed by atoms with E-state index in [0.29, 0.717) is 12.1 Å². The van der Waals surface area contributed by atoms with E-state index in [-0.39, 0.29) is 0 Å². The number of morpholine rings is 1. The highest BCUT2D eigenvalue weighted by molar-refractivity contribution is 4.85. The van der Waals surface area contributed by atoms with E-state index in [9.17, 15) is 0 Å². The molecule has 1 N–H and O–H groups in total. The highest BCUT2D eigenvalue weighted by Crippen LogP contribution is 2.23. The first-order valence-corrected chi connectivity index (χ1v) is 9.12. The van der Waals surface area contributed by atoms with Gasteiger partial charge in [-0.2, -0.15) is 0 Å². The van der Waals surface area contributed by atoms with E-state index in [1.165, 1.54) is 64.7 Å². The van der Waals surface area contributed by atoms with Crippen molar-refractivity contribution in [3.8, 4) is 0 Å². The van der Waals surface area contributed by atoms with Gasteiger partial charge >= 0.3 is 0 Å². The summed E-state index contributed by atoms with van der Waals surface area (Å²) in [5.74, 6) is 0. The fraction of sp³-hybridized carbons (Fsp3) is 1.00. The standard InChI is InChI=1S/C17H33N3O/c1-15(13-16-14-21-12-7-18-16)19-10-5-17(6-11-19)20-8-3-2-4-9-20/h15-18H,2-14H2,1H3. The van der Waals surface area contributed by atoms with E-state index in [1.54, 1.807) is 0 Å². The third-order valence-electron chi connectivity index (χ3n) is 5.65. The molecule has 3 aliphatic rings. The van der Waals surface area contributed by atoms with Crippen LogP contribution in [0.2, 0.25) is 0 Å². The predicted octanol–water partition coefficient (Wildman–Crippen LogP) is 1.70. The van der Waals surface area contributed by atoms with E-state index in [0.717, 1.165) is 25.8 Å². The van der Waals surface area contributed by atoms with Crippen LogP contribution in [0.25, 0.3) is 0 Å². The molecule has 122 valence electrons. The molecule has 3 saturated heterocycles. The maximum Gasteiger partial charge on any atom is 0.0620 e. The van der Waals surface area contributed by atoms with Crippen molar-refractivity contribution in [2.24, 2.45) is 0 Å². The zero-order chi connectivity index (χ0) is 14.5. The number of piperidine rings is 2. The van der Waals surface area contributed by atoms with Crippen molar-refractivity contribution in [1.82, 2.24) is 15.1 Å². The average molecular weight is 295 g/mol. The summed E-state index contributed by atoms with van der Waals surface area (Å²) in [6, 6.07) is 2.12. The van der Waals surface area contributed by atoms with Gasteiger partial charge in [-0.25, -0.2) is 0 Å². The minimum Gasteiger partial charge on any atom is -0.379 e. The molecule has 0 aromatic rings.